The second-order valence-electron chi connectivity index (χ2n) is 5.23. The molecule has 1 aliphatic carbocycles. The van der Waals surface area contributed by atoms with Gasteiger partial charge in [-0.1, -0.05) is 13.8 Å². The van der Waals surface area contributed by atoms with E-state index in [-0.39, 0.29) is 0 Å². The molecule has 6 nitrogen and oxygen atoms in total. The first-order valence-electron chi connectivity index (χ1n) is 6.85. The molecular formula is C13H23N5O. The summed E-state index contributed by atoms with van der Waals surface area (Å²) in [5.74, 6) is 8.08. The zero-order valence-electron chi connectivity index (χ0n) is 11.6. The quantitative estimate of drug-likeness (QED) is 0.377. The zero-order chi connectivity index (χ0) is 13.7. The van der Waals surface area contributed by atoms with Crippen LogP contribution in [0.3, 0.4) is 0 Å². The third-order valence-corrected chi connectivity index (χ3v) is 3.19. The Morgan fingerprint density at radius 3 is 2.74 bits per heavy atom. The Hall–Kier alpha value is -1.40. The molecule has 2 rings (SSSR count). The zero-order valence-corrected chi connectivity index (χ0v) is 11.6. The Labute approximate surface area is 114 Å². The highest BCUT2D eigenvalue weighted by Crippen LogP contribution is 2.29. The number of aromatic nitrogens is 2. The highest BCUT2D eigenvalue weighted by Gasteiger charge is 2.21. The van der Waals surface area contributed by atoms with E-state index in [1.54, 1.807) is 0 Å². The van der Waals surface area contributed by atoms with E-state index < -0.39 is 0 Å². The van der Waals surface area contributed by atoms with Crippen molar-refractivity contribution in [3.8, 4) is 0 Å². The topological polar surface area (TPSA) is 85.1 Å². The molecule has 1 heterocycles. The summed E-state index contributed by atoms with van der Waals surface area (Å²) in [6.07, 6.45) is 4.15. The lowest BCUT2D eigenvalue weighted by molar-refractivity contribution is 0.134. The molecule has 106 valence electrons. The molecule has 1 aromatic rings. The van der Waals surface area contributed by atoms with Crippen molar-refractivity contribution in [2.24, 2.45) is 11.8 Å². The fourth-order valence-corrected chi connectivity index (χ4v) is 1.97. The normalized spacial score (nSPS) is 14.7. The van der Waals surface area contributed by atoms with Crippen molar-refractivity contribution in [1.29, 1.82) is 0 Å². The predicted molar refractivity (Wildman–Crippen MR) is 76.0 cm³/mol. The number of ether oxygens (including phenoxy) is 1. The molecular weight excluding hydrogens is 242 g/mol. The molecule has 1 saturated carbocycles. The van der Waals surface area contributed by atoms with Crippen LogP contribution in [0.25, 0.3) is 0 Å². The van der Waals surface area contributed by atoms with E-state index in [1.807, 2.05) is 0 Å². The van der Waals surface area contributed by atoms with Crippen molar-refractivity contribution >= 4 is 11.6 Å². The molecule has 1 aliphatic rings. The molecule has 0 radical (unpaired) electrons. The number of anilines is 2. The van der Waals surface area contributed by atoms with Crippen LogP contribution in [-0.4, -0.2) is 29.7 Å². The van der Waals surface area contributed by atoms with Gasteiger partial charge in [0.1, 0.15) is 18.0 Å². The second-order valence-corrected chi connectivity index (χ2v) is 5.23. The van der Waals surface area contributed by atoms with Gasteiger partial charge in [-0.25, -0.2) is 15.8 Å². The minimum absolute atomic E-state index is 0.294. The number of nitrogens with zero attached hydrogens (tertiary/aromatic N) is 2. The van der Waals surface area contributed by atoms with E-state index in [1.165, 1.54) is 19.2 Å². The van der Waals surface area contributed by atoms with Crippen LogP contribution in [0.2, 0.25) is 0 Å². The average molecular weight is 265 g/mol. The van der Waals surface area contributed by atoms with Gasteiger partial charge in [-0.2, -0.15) is 0 Å². The summed E-state index contributed by atoms with van der Waals surface area (Å²) in [5, 5.41) is 3.29. The van der Waals surface area contributed by atoms with Crippen LogP contribution in [-0.2, 0) is 4.74 Å². The average Bonchev–Trinajstić information content (AvgIpc) is 3.21. The van der Waals surface area contributed by atoms with Gasteiger partial charge in [-0.15, -0.1) is 0 Å². The predicted octanol–water partition coefficient (Wildman–Crippen LogP) is 1.72. The van der Waals surface area contributed by atoms with Crippen LogP contribution >= 0.6 is 0 Å². The summed E-state index contributed by atoms with van der Waals surface area (Å²) in [7, 11) is 0. The Kier molecular flexibility index (Phi) is 4.93. The van der Waals surface area contributed by atoms with Gasteiger partial charge in [0.15, 0.2) is 0 Å². The molecule has 6 heteroatoms. The smallest absolute Gasteiger partial charge is 0.148 e. The molecule has 1 aromatic heterocycles. The first kappa shape index (κ1) is 14.0. The molecule has 0 saturated heterocycles. The van der Waals surface area contributed by atoms with Gasteiger partial charge in [-0.3, -0.25) is 0 Å². The van der Waals surface area contributed by atoms with Crippen molar-refractivity contribution in [3.63, 3.8) is 0 Å². The molecule has 1 fully saturated rings. The van der Waals surface area contributed by atoms with Crippen molar-refractivity contribution in [1.82, 2.24) is 9.97 Å². The summed E-state index contributed by atoms with van der Waals surface area (Å²) >= 11 is 0. The summed E-state index contributed by atoms with van der Waals surface area (Å²) in [4.78, 5) is 8.42. The first-order valence-corrected chi connectivity index (χ1v) is 6.85. The molecule has 19 heavy (non-hydrogen) atoms. The molecule has 0 aliphatic heterocycles. The Morgan fingerprint density at radius 1 is 1.37 bits per heavy atom. The van der Waals surface area contributed by atoms with Gasteiger partial charge in [0.2, 0.25) is 0 Å². The Balaban J connectivity index is 1.86. The molecule has 4 N–H and O–H groups in total. The SMILES string of the molecule is CC(C)c1c(NN)ncnc1NCCOCC1CC1. The highest BCUT2D eigenvalue weighted by molar-refractivity contribution is 5.58. The maximum absolute atomic E-state index is 5.59. The summed E-state index contributed by atoms with van der Waals surface area (Å²) < 4.78 is 5.59. The molecule has 0 aromatic carbocycles. The Bertz CT molecular complexity index is 406. The number of hydrogen-bond donors (Lipinski definition) is 3. The summed E-state index contributed by atoms with van der Waals surface area (Å²) in [5.41, 5.74) is 3.63. The van der Waals surface area contributed by atoms with E-state index >= 15 is 0 Å². The lowest BCUT2D eigenvalue weighted by Crippen LogP contribution is -2.17. The van der Waals surface area contributed by atoms with Crippen molar-refractivity contribution in [2.45, 2.75) is 32.6 Å². The molecule has 0 amide bonds. The van der Waals surface area contributed by atoms with Gasteiger partial charge in [0.25, 0.3) is 0 Å². The van der Waals surface area contributed by atoms with E-state index in [9.17, 15) is 0 Å². The lowest BCUT2D eigenvalue weighted by atomic mass is 10.0. The van der Waals surface area contributed by atoms with Crippen LogP contribution in [0.1, 0.15) is 38.2 Å². The summed E-state index contributed by atoms with van der Waals surface area (Å²) in [6.45, 7) is 6.51. The van der Waals surface area contributed by atoms with Gasteiger partial charge < -0.3 is 15.5 Å². The van der Waals surface area contributed by atoms with Crippen molar-refractivity contribution in [2.75, 3.05) is 30.5 Å². The minimum Gasteiger partial charge on any atom is -0.379 e. The standard InChI is InChI=1S/C13H23N5O/c1-9(2)11-12(16-8-17-13(11)18-14)15-5-6-19-7-10-3-4-10/h8-10H,3-7,14H2,1-2H3,(H2,15,16,17,18). The maximum Gasteiger partial charge on any atom is 0.148 e. The van der Waals surface area contributed by atoms with Crippen LogP contribution in [0.5, 0.6) is 0 Å². The third kappa shape index (κ3) is 4.04. The van der Waals surface area contributed by atoms with Crippen molar-refractivity contribution < 1.29 is 4.74 Å². The van der Waals surface area contributed by atoms with E-state index in [0.29, 0.717) is 18.3 Å². The lowest BCUT2D eigenvalue weighted by Gasteiger charge is -2.16. The molecule has 0 unspecified atom stereocenters. The Morgan fingerprint density at radius 2 is 2.11 bits per heavy atom. The summed E-state index contributed by atoms with van der Waals surface area (Å²) in [6, 6.07) is 0. The second kappa shape index (κ2) is 6.68. The number of rotatable bonds is 8. The number of hydrazine groups is 1. The van der Waals surface area contributed by atoms with Gasteiger partial charge in [0, 0.05) is 18.7 Å². The fourth-order valence-electron chi connectivity index (χ4n) is 1.97. The minimum atomic E-state index is 0.294. The monoisotopic (exact) mass is 265 g/mol. The van der Waals surface area contributed by atoms with Crippen LogP contribution in [0.15, 0.2) is 6.33 Å². The maximum atomic E-state index is 5.59. The molecule has 0 spiro atoms. The number of hydrogen-bond acceptors (Lipinski definition) is 6. The van der Waals surface area contributed by atoms with E-state index in [4.69, 9.17) is 10.6 Å². The van der Waals surface area contributed by atoms with E-state index in [0.717, 1.165) is 30.5 Å². The largest absolute Gasteiger partial charge is 0.379 e. The van der Waals surface area contributed by atoms with E-state index in [2.05, 4.69) is 34.6 Å². The van der Waals surface area contributed by atoms with Crippen molar-refractivity contribution in [3.05, 3.63) is 11.9 Å². The number of nitrogens with one attached hydrogen (secondary N) is 2. The van der Waals surface area contributed by atoms with Gasteiger partial charge >= 0.3 is 0 Å². The number of nitrogens with two attached hydrogens (primary N) is 1. The van der Waals surface area contributed by atoms with Gasteiger partial charge in [0.05, 0.1) is 6.61 Å². The third-order valence-electron chi connectivity index (χ3n) is 3.19. The highest BCUT2D eigenvalue weighted by atomic mass is 16.5. The number of nitrogen functional groups attached to an aromatic ring is 1. The molecule has 0 bridgehead atoms. The molecule has 0 atom stereocenters. The van der Waals surface area contributed by atoms with Crippen LogP contribution in [0.4, 0.5) is 11.6 Å². The van der Waals surface area contributed by atoms with Crippen LogP contribution in [0, 0.1) is 5.92 Å². The fraction of sp³-hybridized carbons (Fsp3) is 0.692. The van der Waals surface area contributed by atoms with Crippen LogP contribution < -0.4 is 16.6 Å². The van der Waals surface area contributed by atoms with Gasteiger partial charge in [-0.05, 0) is 24.7 Å². The first-order chi connectivity index (χ1) is 9.22.